The average Bonchev–Trinajstić information content (AvgIpc) is 2.72. The fourth-order valence-electron chi connectivity index (χ4n) is 2.46. The Morgan fingerprint density at radius 3 is 2.52 bits per heavy atom. The highest BCUT2D eigenvalue weighted by Gasteiger charge is 2.56. The summed E-state index contributed by atoms with van der Waals surface area (Å²) in [7, 11) is 1.31. The molecule has 0 aliphatic carbocycles. The van der Waals surface area contributed by atoms with Crippen molar-refractivity contribution >= 4 is 29.3 Å². The Kier molecular flexibility index (Phi) is 2.39. The summed E-state index contributed by atoms with van der Waals surface area (Å²) in [6, 6.07) is 2.27. The Morgan fingerprint density at radius 2 is 1.95 bits per heavy atom. The van der Waals surface area contributed by atoms with Crippen molar-refractivity contribution in [3.8, 4) is 0 Å². The van der Waals surface area contributed by atoms with E-state index in [2.05, 4.69) is 10.6 Å². The zero-order valence-electron chi connectivity index (χ0n) is 10.7. The third-order valence-corrected chi connectivity index (χ3v) is 3.50. The fourth-order valence-corrected chi connectivity index (χ4v) is 2.46. The van der Waals surface area contributed by atoms with Gasteiger partial charge in [0.2, 0.25) is 5.66 Å². The molecule has 0 aromatic heterocycles. The van der Waals surface area contributed by atoms with Crippen molar-refractivity contribution in [3.63, 3.8) is 0 Å². The second-order valence-electron chi connectivity index (χ2n) is 4.59. The van der Waals surface area contributed by atoms with E-state index < -0.39 is 28.6 Å². The number of likely N-dealkylation sites (N-methyl/N-ethyl adjacent to an activating group) is 1. The monoisotopic (exact) mass is 291 g/mol. The number of hydrogen-bond donors (Lipinski definition) is 3. The summed E-state index contributed by atoms with van der Waals surface area (Å²) in [5, 5.41) is 17.8. The lowest BCUT2D eigenvalue weighted by atomic mass is 9.93. The number of imide groups is 1. The molecular formula is C11H9N5O5. The van der Waals surface area contributed by atoms with E-state index in [0.29, 0.717) is 0 Å². The maximum Gasteiger partial charge on any atom is 0.324 e. The maximum atomic E-state index is 12.2. The number of benzene rings is 1. The first-order valence-electron chi connectivity index (χ1n) is 5.83. The summed E-state index contributed by atoms with van der Waals surface area (Å²) in [5.41, 5.74) is -1.70. The summed E-state index contributed by atoms with van der Waals surface area (Å²) in [4.78, 5) is 46.8. The van der Waals surface area contributed by atoms with Crippen LogP contribution in [-0.4, -0.2) is 34.8 Å². The molecule has 1 fully saturated rings. The lowest BCUT2D eigenvalue weighted by molar-refractivity contribution is -0.385. The first-order valence-corrected chi connectivity index (χ1v) is 5.83. The van der Waals surface area contributed by atoms with Crippen LogP contribution >= 0.6 is 0 Å². The Balaban J connectivity index is 2.28. The van der Waals surface area contributed by atoms with E-state index in [4.69, 9.17) is 0 Å². The number of carbonyl (C=O) groups is 3. The number of anilines is 1. The van der Waals surface area contributed by atoms with Crippen LogP contribution in [0.4, 0.5) is 21.0 Å². The van der Waals surface area contributed by atoms with Crippen molar-refractivity contribution in [2.24, 2.45) is 0 Å². The van der Waals surface area contributed by atoms with Gasteiger partial charge in [-0.2, -0.15) is 0 Å². The van der Waals surface area contributed by atoms with Crippen LogP contribution in [0.25, 0.3) is 0 Å². The number of nitro benzene ring substituents is 1. The Hall–Kier alpha value is -3.17. The zero-order valence-corrected chi connectivity index (χ0v) is 10.7. The molecule has 1 aromatic rings. The van der Waals surface area contributed by atoms with Crippen LogP contribution < -0.4 is 16.0 Å². The van der Waals surface area contributed by atoms with Crippen molar-refractivity contribution in [1.29, 1.82) is 0 Å². The Labute approximate surface area is 117 Å². The van der Waals surface area contributed by atoms with Gasteiger partial charge in [0.05, 0.1) is 10.6 Å². The predicted octanol–water partition coefficient (Wildman–Crippen LogP) is 0.0643. The van der Waals surface area contributed by atoms with E-state index in [-0.39, 0.29) is 16.9 Å². The number of fused-ring (bicyclic) bond motifs is 2. The molecule has 1 spiro atoms. The zero-order chi connectivity index (χ0) is 15.4. The number of carbonyl (C=O) groups excluding carboxylic acids is 3. The van der Waals surface area contributed by atoms with Crippen LogP contribution in [0.5, 0.6) is 0 Å². The van der Waals surface area contributed by atoms with Crippen molar-refractivity contribution in [1.82, 2.24) is 15.5 Å². The summed E-state index contributed by atoms with van der Waals surface area (Å²) in [5.74, 6) is -0.772. The standard InChI is InChI=1S/C11H9N5O5/c1-15-10(19)12-7-3-2-5(16(20)21)4-6(7)11(15)8(17)13-9(18)14-11/h2-4H,1H3,(H,12,19)(H2,13,14,17,18). The third-order valence-electron chi connectivity index (χ3n) is 3.50. The molecule has 1 atom stereocenters. The second-order valence-corrected chi connectivity index (χ2v) is 4.59. The highest BCUT2D eigenvalue weighted by Crippen LogP contribution is 2.39. The molecule has 0 saturated carbocycles. The first kappa shape index (κ1) is 12.8. The van der Waals surface area contributed by atoms with Gasteiger partial charge in [0.25, 0.3) is 11.6 Å². The Bertz CT molecular complexity index is 717. The van der Waals surface area contributed by atoms with Crippen LogP contribution in [0.1, 0.15) is 5.56 Å². The van der Waals surface area contributed by atoms with Crippen molar-refractivity contribution in [2.75, 3.05) is 12.4 Å². The van der Waals surface area contributed by atoms with Crippen LogP contribution in [0.15, 0.2) is 18.2 Å². The summed E-state index contributed by atoms with van der Waals surface area (Å²) >= 11 is 0. The van der Waals surface area contributed by atoms with Crippen LogP contribution in [0.3, 0.4) is 0 Å². The summed E-state index contributed by atoms with van der Waals surface area (Å²) in [6.45, 7) is 0. The molecule has 10 heteroatoms. The van der Waals surface area contributed by atoms with E-state index in [9.17, 15) is 24.5 Å². The van der Waals surface area contributed by atoms with Gasteiger partial charge in [-0.1, -0.05) is 0 Å². The summed E-state index contributed by atoms with van der Waals surface area (Å²) < 4.78 is 0. The lowest BCUT2D eigenvalue weighted by Crippen LogP contribution is -2.62. The van der Waals surface area contributed by atoms with Gasteiger partial charge >= 0.3 is 12.1 Å². The van der Waals surface area contributed by atoms with Gasteiger partial charge in [0, 0.05) is 24.7 Å². The normalized spacial score (nSPS) is 23.5. The highest BCUT2D eigenvalue weighted by atomic mass is 16.6. The van der Waals surface area contributed by atoms with E-state index in [1.807, 2.05) is 5.32 Å². The minimum Gasteiger partial charge on any atom is -0.307 e. The second kappa shape index (κ2) is 3.91. The number of nitro groups is 1. The molecule has 1 aromatic carbocycles. The molecular weight excluding hydrogens is 282 g/mol. The molecule has 3 rings (SSSR count). The van der Waals surface area contributed by atoms with Gasteiger partial charge < -0.3 is 10.6 Å². The van der Waals surface area contributed by atoms with E-state index in [0.717, 1.165) is 11.0 Å². The van der Waals surface area contributed by atoms with Crippen molar-refractivity contribution < 1.29 is 19.3 Å². The number of nitrogens with zero attached hydrogens (tertiary/aromatic N) is 2. The minimum atomic E-state index is -1.79. The van der Waals surface area contributed by atoms with E-state index in [1.54, 1.807) is 0 Å². The molecule has 0 bridgehead atoms. The van der Waals surface area contributed by atoms with Gasteiger partial charge in [0.15, 0.2) is 0 Å². The van der Waals surface area contributed by atoms with Gasteiger partial charge in [-0.05, 0) is 6.07 Å². The topological polar surface area (TPSA) is 134 Å². The molecule has 5 amide bonds. The van der Waals surface area contributed by atoms with E-state index in [1.165, 1.54) is 19.2 Å². The van der Waals surface area contributed by atoms with Crippen molar-refractivity contribution in [2.45, 2.75) is 5.66 Å². The van der Waals surface area contributed by atoms with Crippen LogP contribution in [-0.2, 0) is 10.5 Å². The molecule has 1 unspecified atom stereocenters. The lowest BCUT2D eigenvalue weighted by Gasteiger charge is -2.40. The number of rotatable bonds is 1. The predicted molar refractivity (Wildman–Crippen MR) is 68.2 cm³/mol. The first-order chi connectivity index (χ1) is 9.86. The molecule has 108 valence electrons. The van der Waals surface area contributed by atoms with E-state index >= 15 is 0 Å². The molecule has 10 nitrogen and oxygen atoms in total. The number of non-ortho nitro benzene ring substituents is 1. The van der Waals surface area contributed by atoms with Gasteiger partial charge in [0.1, 0.15) is 0 Å². The van der Waals surface area contributed by atoms with Crippen LogP contribution in [0, 0.1) is 10.1 Å². The minimum absolute atomic E-state index is 0.127. The number of hydrogen-bond acceptors (Lipinski definition) is 5. The molecule has 2 aliphatic rings. The smallest absolute Gasteiger partial charge is 0.307 e. The molecule has 3 N–H and O–H groups in total. The van der Waals surface area contributed by atoms with Crippen LogP contribution in [0.2, 0.25) is 0 Å². The van der Waals surface area contributed by atoms with Gasteiger partial charge in [-0.15, -0.1) is 0 Å². The molecule has 1 saturated heterocycles. The summed E-state index contributed by atoms with van der Waals surface area (Å²) in [6.07, 6.45) is 0. The largest absolute Gasteiger partial charge is 0.324 e. The van der Waals surface area contributed by atoms with Gasteiger partial charge in [-0.3, -0.25) is 25.1 Å². The maximum absolute atomic E-state index is 12.2. The molecule has 0 radical (unpaired) electrons. The molecule has 21 heavy (non-hydrogen) atoms. The highest BCUT2D eigenvalue weighted by molar-refractivity contribution is 6.12. The Morgan fingerprint density at radius 1 is 1.24 bits per heavy atom. The van der Waals surface area contributed by atoms with Crippen molar-refractivity contribution in [3.05, 3.63) is 33.9 Å². The number of urea groups is 2. The fraction of sp³-hybridized carbons (Fsp3) is 0.182. The number of nitrogens with one attached hydrogen (secondary N) is 3. The third kappa shape index (κ3) is 1.55. The molecule has 2 heterocycles. The van der Waals surface area contributed by atoms with Gasteiger partial charge in [-0.25, -0.2) is 9.59 Å². The quantitative estimate of drug-likeness (QED) is 0.382. The molecule has 2 aliphatic heterocycles. The SMILES string of the molecule is CN1C(=O)Nc2ccc([N+](=O)[O-])cc2C12NC(=O)NC2=O. The number of amides is 5. The average molecular weight is 291 g/mol.